The normalized spacial score (nSPS) is 11.5. The Balaban J connectivity index is 0. The van der Waals surface area contributed by atoms with Crippen molar-refractivity contribution in [2.45, 2.75) is 33.1 Å². The van der Waals surface area contributed by atoms with Gasteiger partial charge in [-0.1, -0.05) is 20.3 Å². The summed E-state index contributed by atoms with van der Waals surface area (Å²) < 4.78 is 0. The minimum atomic E-state index is -1.35. The molecule has 0 amide bonds. The summed E-state index contributed by atoms with van der Waals surface area (Å²) >= 11 is 0. The van der Waals surface area contributed by atoms with Crippen LogP contribution in [-0.2, 0) is 9.59 Å². The lowest BCUT2D eigenvalue weighted by Crippen LogP contribution is -2.38. The van der Waals surface area contributed by atoms with Gasteiger partial charge in [-0.25, -0.2) is 0 Å². The van der Waals surface area contributed by atoms with Gasteiger partial charge in [-0.3, -0.25) is 9.59 Å². The van der Waals surface area contributed by atoms with Gasteiger partial charge < -0.3 is 30.6 Å². The van der Waals surface area contributed by atoms with Crippen LogP contribution < -0.4 is 0 Å². The summed E-state index contributed by atoms with van der Waals surface area (Å²) in [6, 6.07) is 0. The summed E-state index contributed by atoms with van der Waals surface area (Å²) in [5, 5.41) is 51.8. The molecule has 0 radical (unpaired) electrons. The topological polar surface area (TPSA) is 156 Å². The first-order valence-corrected chi connectivity index (χ1v) is 6.66. The van der Waals surface area contributed by atoms with Gasteiger partial charge in [0.25, 0.3) is 0 Å². The van der Waals surface area contributed by atoms with Crippen molar-refractivity contribution in [3.05, 3.63) is 0 Å². The van der Waals surface area contributed by atoms with Crippen molar-refractivity contribution in [2.75, 3.05) is 26.4 Å². The highest BCUT2D eigenvalue weighted by Gasteiger charge is 2.36. The molecule has 0 unspecified atom stereocenters. The number of aliphatic hydroxyl groups excluding tert-OH is 4. The monoisotopic (exact) mass is 310 g/mol. The summed E-state index contributed by atoms with van der Waals surface area (Å²) in [4.78, 5) is 20.9. The Kier molecular flexibility index (Phi) is 11.0. The van der Waals surface area contributed by atoms with Crippen LogP contribution in [0.3, 0.4) is 0 Å². The second-order valence-electron chi connectivity index (χ2n) is 4.91. The van der Waals surface area contributed by atoms with Crippen molar-refractivity contribution in [3.63, 3.8) is 0 Å². The lowest BCUT2D eigenvalue weighted by atomic mass is 9.85. The van der Waals surface area contributed by atoms with Crippen LogP contribution in [0.2, 0.25) is 0 Å². The summed E-state index contributed by atoms with van der Waals surface area (Å²) in [6.07, 6.45) is 1.16. The van der Waals surface area contributed by atoms with E-state index in [0.29, 0.717) is 12.8 Å². The van der Waals surface area contributed by atoms with Crippen molar-refractivity contribution in [1.29, 1.82) is 0 Å². The van der Waals surface area contributed by atoms with Crippen molar-refractivity contribution in [3.8, 4) is 0 Å². The first-order valence-electron chi connectivity index (χ1n) is 6.66. The van der Waals surface area contributed by atoms with Crippen molar-refractivity contribution < 1.29 is 40.2 Å². The molecule has 0 saturated carbocycles. The van der Waals surface area contributed by atoms with Gasteiger partial charge in [0.05, 0.1) is 26.4 Å². The van der Waals surface area contributed by atoms with E-state index in [4.69, 9.17) is 30.6 Å². The Labute approximate surface area is 123 Å². The third-order valence-corrected chi connectivity index (χ3v) is 3.52. The number of rotatable bonds is 9. The van der Waals surface area contributed by atoms with E-state index in [1.807, 2.05) is 6.92 Å². The third kappa shape index (κ3) is 5.96. The van der Waals surface area contributed by atoms with Gasteiger partial charge in [0.15, 0.2) is 0 Å². The molecule has 0 fully saturated rings. The van der Waals surface area contributed by atoms with Crippen LogP contribution in [0.5, 0.6) is 0 Å². The summed E-state index contributed by atoms with van der Waals surface area (Å²) in [5.74, 6) is -2.29. The molecule has 0 aliphatic carbocycles. The standard InChI is InChI=1S/C7H14O4.C6H12O4/c1-2-3-7(4-8,5-9)6(10)11;1-2-6(3-7,4-8)5(9)10/h8-9H,2-5H2,1H3,(H,10,11);7-8H,2-4H2,1H3,(H,9,10). The van der Waals surface area contributed by atoms with Crippen LogP contribution in [0.15, 0.2) is 0 Å². The van der Waals surface area contributed by atoms with Crippen LogP contribution in [-0.4, -0.2) is 69.0 Å². The molecule has 0 aliphatic rings. The van der Waals surface area contributed by atoms with Gasteiger partial charge in [0.1, 0.15) is 10.8 Å². The maximum atomic E-state index is 10.6. The number of carboxylic acid groups (broad SMARTS) is 2. The molecule has 0 aromatic heterocycles. The fourth-order valence-electron chi connectivity index (χ4n) is 1.49. The zero-order valence-electron chi connectivity index (χ0n) is 12.4. The third-order valence-electron chi connectivity index (χ3n) is 3.52. The van der Waals surface area contributed by atoms with Crippen molar-refractivity contribution in [1.82, 2.24) is 0 Å². The Morgan fingerprint density at radius 1 is 0.762 bits per heavy atom. The average Bonchev–Trinajstić information content (AvgIpc) is 2.47. The smallest absolute Gasteiger partial charge is 0.314 e. The predicted molar refractivity (Wildman–Crippen MR) is 73.7 cm³/mol. The van der Waals surface area contributed by atoms with E-state index >= 15 is 0 Å². The van der Waals surface area contributed by atoms with Gasteiger partial charge in [0, 0.05) is 0 Å². The zero-order valence-corrected chi connectivity index (χ0v) is 12.4. The number of hydrogen-bond acceptors (Lipinski definition) is 6. The Bertz CT molecular complexity index is 299. The van der Waals surface area contributed by atoms with E-state index in [9.17, 15) is 9.59 Å². The number of carboxylic acids is 2. The number of aliphatic carboxylic acids is 2. The first-order chi connectivity index (χ1) is 9.75. The molecule has 0 spiro atoms. The van der Waals surface area contributed by atoms with Crippen molar-refractivity contribution in [2.24, 2.45) is 10.8 Å². The van der Waals surface area contributed by atoms with E-state index in [-0.39, 0.29) is 6.42 Å². The summed E-state index contributed by atoms with van der Waals surface area (Å²) in [5.41, 5.74) is -2.69. The highest BCUT2D eigenvalue weighted by Crippen LogP contribution is 2.22. The average molecular weight is 310 g/mol. The molecule has 0 aromatic carbocycles. The summed E-state index contributed by atoms with van der Waals surface area (Å²) in [6.45, 7) is 1.37. The quantitative estimate of drug-likeness (QED) is 0.326. The zero-order chi connectivity index (χ0) is 17.1. The van der Waals surface area contributed by atoms with Gasteiger partial charge >= 0.3 is 11.9 Å². The fourth-order valence-corrected chi connectivity index (χ4v) is 1.49. The predicted octanol–water partition coefficient (Wildman–Crippen LogP) is -0.706. The number of aliphatic hydroxyl groups is 4. The fraction of sp³-hybridized carbons (Fsp3) is 0.846. The highest BCUT2D eigenvalue weighted by atomic mass is 16.4. The van der Waals surface area contributed by atoms with Crippen LogP contribution in [0.25, 0.3) is 0 Å². The molecule has 0 heterocycles. The summed E-state index contributed by atoms with van der Waals surface area (Å²) in [7, 11) is 0. The van der Waals surface area contributed by atoms with Crippen LogP contribution in [0.1, 0.15) is 33.1 Å². The highest BCUT2D eigenvalue weighted by molar-refractivity contribution is 5.75. The van der Waals surface area contributed by atoms with Gasteiger partial charge in [-0.2, -0.15) is 0 Å². The van der Waals surface area contributed by atoms with E-state index in [0.717, 1.165) is 0 Å². The molecule has 0 rings (SSSR count). The van der Waals surface area contributed by atoms with E-state index < -0.39 is 49.2 Å². The first kappa shape index (κ1) is 22.1. The Morgan fingerprint density at radius 2 is 1.10 bits per heavy atom. The van der Waals surface area contributed by atoms with Crippen LogP contribution in [0, 0.1) is 10.8 Å². The largest absolute Gasteiger partial charge is 0.481 e. The lowest BCUT2D eigenvalue weighted by molar-refractivity contribution is -0.156. The molecule has 126 valence electrons. The minimum absolute atomic E-state index is 0.231. The molecule has 0 aromatic rings. The molecule has 0 atom stereocenters. The van der Waals surface area contributed by atoms with E-state index in [1.165, 1.54) is 0 Å². The maximum absolute atomic E-state index is 10.6. The molecular formula is C13H26O8. The molecule has 6 N–H and O–H groups in total. The SMILES string of the molecule is CCC(CO)(CO)C(=O)O.CCCC(CO)(CO)C(=O)O. The molecule has 8 heteroatoms. The number of carbonyl (C=O) groups is 2. The second-order valence-corrected chi connectivity index (χ2v) is 4.91. The molecule has 8 nitrogen and oxygen atoms in total. The Hall–Kier alpha value is -1.22. The lowest BCUT2D eigenvalue weighted by Gasteiger charge is -2.23. The Morgan fingerprint density at radius 3 is 1.14 bits per heavy atom. The van der Waals surface area contributed by atoms with Crippen LogP contribution in [0.4, 0.5) is 0 Å². The van der Waals surface area contributed by atoms with Gasteiger partial charge in [-0.05, 0) is 12.8 Å². The molecule has 0 saturated heterocycles. The molecule has 0 bridgehead atoms. The van der Waals surface area contributed by atoms with Crippen molar-refractivity contribution >= 4 is 11.9 Å². The molecule has 0 aliphatic heterocycles. The van der Waals surface area contributed by atoms with Gasteiger partial charge in [0.2, 0.25) is 0 Å². The molecule has 21 heavy (non-hydrogen) atoms. The minimum Gasteiger partial charge on any atom is -0.481 e. The number of hydrogen-bond donors (Lipinski definition) is 6. The maximum Gasteiger partial charge on any atom is 0.314 e. The van der Waals surface area contributed by atoms with Crippen LogP contribution >= 0.6 is 0 Å². The van der Waals surface area contributed by atoms with E-state index in [2.05, 4.69) is 0 Å². The van der Waals surface area contributed by atoms with Gasteiger partial charge in [-0.15, -0.1) is 0 Å². The molecular weight excluding hydrogens is 284 g/mol. The second kappa shape index (κ2) is 10.5. The van der Waals surface area contributed by atoms with E-state index in [1.54, 1.807) is 6.92 Å².